The molecular formula is C18H22N2O5. The molecule has 0 atom stereocenters. The minimum atomic E-state index is -0.583. The summed E-state index contributed by atoms with van der Waals surface area (Å²) in [7, 11) is 1.26. The van der Waals surface area contributed by atoms with Crippen molar-refractivity contribution < 1.29 is 23.8 Å². The molecule has 1 aromatic rings. The second-order valence-corrected chi connectivity index (χ2v) is 6.87. The van der Waals surface area contributed by atoms with Crippen molar-refractivity contribution in [3.63, 3.8) is 0 Å². The van der Waals surface area contributed by atoms with Gasteiger partial charge in [0.2, 0.25) is 0 Å². The molecule has 1 aromatic carbocycles. The SMILES string of the molecule is COC(=O)c1cc(O[C@H]2C[C@H](NC(=O)OC(C)(C)C)C2)ccc1C#N. The van der Waals surface area contributed by atoms with Crippen molar-refractivity contribution in [3.8, 4) is 11.8 Å². The van der Waals surface area contributed by atoms with Crippen molar-refractivity contribution in [1.82, 2.24) is 5.32 Å². The van der Waals surface area contributed by atoms with E-state index in [0.29, 0.717) is 18.6 Å². The van der Waals surface area contributed by atoms with Gasteiger partial charge in [0.1, 0.15) is 23.5 Å². The first-order chi connectivity index (χ1) is 11.7. The second-order valence-electron chi connectivity index (χ2n) is 6.87. The number of hydrogen-bond donors (Lipinski definition) is 1. The Kier molecular flexibility index (Phi) is 5.52. The van der Waals surface area contributed by atoms with E-state index in [2.05, 4.69) is 10.1 Å². The van der Waals surface area contributed by atoms with Gasteiger partial charge in [-0.2, -0.15) is 5.26 Å². The van der Waals surface area contributed by atoms with Crippen molar-refractivity contribution in [1.29, 1.82) is 5.26 Å². The summed E-state index contributed by atoms with van der Waals surface area (Å²) in [6, 6.07) is 6.61. The van der Waals surface area contributed by atoms with Gasteiger partial charge >= 0.3 is 12.1 Å². The number of methoxy groups -OCH3 is 1. The highest BCUT2D eigenvalue weighted by Gasteiger charge is 2.33. The normalized spacial score (nSPS) is 19.2. The number of alkyl carbamates (subject to hydrolysis) is 1. The summed E-state index contributed by atoms with van der Waals surface area (Å²) in [4.78, 5) is 23.4. The molecule has 7 heteroatoms. The molecule has 0 saturated heterocycles. The lowest BCUT2D eigenvalue weighted by molar-refractivity contribution is 0.0361. The molecule has 7 nitrogen and oxygen atoms in total. The summed E-state index contributed by atoms with van der Waals surface area (Å²) < 4.78 is 15.7. The van der Waals surface area contributed by atoms with Crippen LogP contribution in [0.3, 0.4) is 0 Å². The van der Waals surface area contributed by atoms with E-state index in [9.17, 15) is 9.59 Å². The maximum absolute atomic E-state index is 11.7. The molecule has 0 aliphatic heterocycles. The van der Waals surface area contributed by atoms with Gasteiger partial charge < -0.3 is 19.5 Å². The largest absolute Gasteiger partial charge is 0.490 e. The van der Waals surface area contributed by atoms with Crippen molar-refractivity contribution >= 4 is 12.1 Å². The number of carbonyl (C=O) groups excluding carboxylic acids is 2. The maximum Gasteiger partial charge on any atom is 0.407 e. The van der Waals surface area contributed by atoms with Gasteiger partial charge in [-0.25, -0.2) is 9.59 Å². The Bertz CT molecular complexity index is 696. The molecule has 1 aliphatic carbocycles. The van der Waals surface area contributed by atoms with Crippen LogP contribution in [0.15, 0.2) is 18.2 Å². The van der Waals surface area contributed by atoms with Crippen LogP contribution in [0.5, 0.6) is 5.75 Å². The van der Waals surface area contributed by atoms with Gasteiger partial charge in [-0.05, 0) is 39.0 Å². The molecule has 0 bridgehead atoms. The molecule has 25 heavy (non-hydrogen) atoms. The number of amides is 1. The van der Waals surface area contributed by atoms with E-state index in [1.807, 2.05) is 26.8 Å². The van der Waals surface area contributed by atoms with Crippen LogP contribution in [0.2, 0.25) is 0 Å². The quantitative estimate of drug-likeness (QED) is 0.842. The Balaban J connectivity index is 1.88. The Labute approximate surface area is 146 Å². The average molecular weight is 346 g/mol. The predicted molar refractivity (Wildman–Crippen MR) is 89.3 cm³/mol. The first-order valence-corrected chi connectivity index (χ1v) is 8.00. The summed E-state index contributed by atoms with van der Waals surface area (Å²) in [6.45, 7) is 5.43. The Morgan fingerprint density at radius 1 is 1.28 bits per heavy atom. The third-order valence-electron chi connectivity index (χ3n) is 3.64. The van der Waals surface area contributed by atoms with E-state index in [-0.39, 0.29) is 23.3 Å². The molecule has 1 saturated carbocycles. The zero-order valence-corrected chi connectivity index (χ0v) is 14.8. The first-order valence-electron chi connectivity index (χ1n) is 8.00. The molecule has 2 rings (SSSR count). The maximum atomic E-state index is 11.7. The number of carbonyl (C=O) groups is 2. The summed E-state index contributed by atoms with van der Waals surface area (Å²) in [6.07, 6.45) is 0.778. The fraction of sp³-hybridized carbons (Fsp3) is 0.500. The van der Waals surface area contributed by atoms with Crippen molar-refractivity contribution in [2.24, 2.45) is 0 Å². The number of ether oxygens (including phenoxy) is 3. The molecule has 0 unspecified atom stereocenters. The van der Waals surface area contributed by atoms with Crippen LogP contribution in [0, 0.1) is 11.3 Å². The molecule has 1 amide bonds. The monoisotopic (exact) mass is 346 g/mol. The minimum absolute atomic E-state index is 0.00157. The smallest absolute Gasteiger partial charge is 0.407 e. The molecule has 0 heterocycles. The van der Waals surface area contributed by atoms with Gasteiger partial charge in [-0.1, -0.05) is 0 Å². The lowest BCUT2D eigenvalue weighted by Crippen LogP contribution is -2.50. The van der Waals surface area contributed by atoms with Crippen LogP contribution in [0.25, 0.3) is 0 Å². The molecule has 0 aromatic heterocycles. The molecule has 1 N–H and O–H groups in total. The van der Waals surface area contributed by atoms with Crippen LogP contribution in [-0.2, 0) is 9.47 Å². The number of benzene rings is 1. The van der Waals surface area contributed by atoms with Gasteiger partial charge in [-0.3, -0.25) is 0 Å². The summed E-state index contributed by atoms with van der Waals surface area (Å²) in [5.74, 6) is -0.0970. The van der Waals surface area contributed by atoms with Gasteiger partial charge in [0.15, 0.2) is 0 Å². The van der Waals surface area contributed by atoms with Gasteiger partial charge in [-0.15, -0.1) is 0 Å². The van der Waals surface area contributed by atoms with E-state index >= 15 is 0 Å². The number of nitrogens with zero attached hydrogens (tertiary/aromatic N) is 1. The first kappa shape index (κ1) is 18.6. The second kappa shape index (κ2) is 7.43. The zero-order valence-electron chi connectivity index (χ0n) is 14.8. The highest BCUT2D eigenvalue weighted by molar-refractivity contribution is 5.92. The van der Waals surface area contributed by atoms with Crippen molar-refractivity contribution in [2.75, 3.05) is 7.11 Å². The summed E-state index contributed by atoms with van der Waals surface area (Å²) in [5, 5.41) is 11.8. The van der Waals surface area contributed by atoms with Crippen LogP contribution in [-0.4, -0.2) is 36.9 Å². The summed E-state index contributed by atoms with van der Waals surface area (Å²) >= 11 is 0. The Morgan fingerprint density at radius 3 is 2.52 bits per heavy atom. The third kappa shape index (κ3) is 5.11. The minimum Gasteiger partial charge on any atom is -0.490 e. The van der Waals surface area contributed by atoms with E-state index in [1.54, 1.807) is 6.07 Å². The van der Waals surface area contributed by atoms with Crippen LogP contribution in [0.1, 0.15) is 49.5 Å². The number of esters is 1. The topological polar surface area (TPSA) is 97.7 Å². The molecule has 0 radical (unpaired) electrons. The van der Waals surface area contributed by atoms with Gasteiger partial charge in [0.25, 0.3) is 0 Å². The third-order valence-corrected chi connectivity index (χ3v) is 3.64. The fourth-order valence-electron chi connectivity index (χ4n) is 2.42. The molecular weight excluding hydrogens is 324 g/mol. The molecule has 0 spiro atoms. The number of nitrogens with one attached hydrogen (secondary N) is 1. The van der Waals surface area contributed by atoms with E-state index in [1.165, 1.54) is 19.2 Å². The lowest BCUT2D eigenvalue weighted by Gasteiger charge is -2.36. The van der Waals surface area contributed by atoms with Crippen LogP contribution >= 0.6 is 0 Å². The van der Waals surface area contributed by atoms with E-state index in [4.69, 9.17) is 14.7 Å². The Morgan fingerprint density at radius 2 is 1.96 bits per heavy atom. The highest BCUT2D eigenvalue weighted by Crippen LogP contribution is 2.28. The molecule has 1 fully saturated rings. The standard InChI is InChI=1S/C18H22N2O5/c1-18(2,3)25-17(22)20-12-7-14(8-12)24-13-6-5-11(10-19)15(9-13)16(21)23-4/h5-6,9,12,14H,7-8H2,1-4H3,(H,20,22)/t12-,14-. The average Bonchev–Trinajstić information content (AvgIpc) is 2.50. The van der Waals surface area contributed by atoms with Crippen molar-refractivity contribution in [2.45, 2.75) is 51.4 Å². The van der Waals surface area contributed by atoms with Crippen LogP contribution < -0.4 is 10.1 Å². The molecule has 1 aliphatic rings. The number of hydrogen-bond acceptors (Lipinski definition) is 6. The predicted octanol–water partition coefficient (Wildman–Crippen LogP) is 2.78. The van der Waals surface area contributed by atoms with E-state index in [0.717, 1.165) is 0 Å². The number of nitriles is 1. The fourth-order valence-corrected chi connectivity index (χ4v) is 2.42. The zero-order chi connectivity index (χ0) is 18.6. The highest BCUT2D eigenvalue weighted by atomic mass is 16.6. The van der Waals surface area contributed by atoms with E-state index < -0.39 is 17.7 Å². The van der Waals surface area contributed by atoms with Crippen molar-refractivity contribution in [3.05, 3.63) is 29.3 Å². The van der Waals surface area contributed by atoms with Gasteiger partial charge in [0, 0.05) is 18.9 Å². The summed E-state index contributed by atoms with van der Waals surface area (Å²) in [5.41, 5.74) is -0.126. The molecule has 134 valence electrons. The van der Waals surface area contributed by atoms with Crippen LogP contribution in [0.4, 0.5) is 4.79 Å². The Hall–Kier alpha value is -2.75. The van der Waals surface area contributed by atoms with Gasteiger partial charge in [0.05, 0.1) is 18.2 Å². The number of rotatable bonds is 4. The lowest BCUT2D eigenvalue weighted by atomic mass is 9.89.